The van der Waals surface area contributed by atoms with Crippen LogP contribution in [0.25, 0.3) is 0 Å². The Hall–Kier alpha value is -5.76. The first kappa shape index (κ1) is 51.3. The summed E-state index contributed by atoms with van der Waals surface area (Å²) in [5.74, 6) is -8.54. The molecule has 8 amide bonds. The summed E-state index contributed by atoms with van der Waals surface area (Å²) in [6, 6.07) is -1.54. The van der Waals surface area contributed by atoms with Crippen LogP contribution in [0.2, 0.25) is 0 Å². The van der Waals surface area contributed by atoms with Crippen LogP contribution in [0.1, 0.15) is 89.6 Å². The highest BCUT2D eigenvalue weighted by atomic mass is 16.3. The summed E-state index contributed by atoms with van der Waals surface area (Å²) in [7, 11) is 2.38. The Morgan fingerprint density at radius 3 is 1.80 bits per heavy atom. The second-order valence-corrected chi connectivity index (χ2v) is 14.2. The van der Waals surface area contributed by atoms with Gasteiger partial charge in [0, 0.05) is 26.1 Å². The number of ketones is 2. The molecule has 1 rings (SSSR count). The number of carbonyl (C=O) groups is 10. The molecule has 0 bridgehead atoms. The summed E-state index contributed by atoms with van der Waals surface area (Å²) in [4.78, 5) is 127. The fraction of sp³-hybridized carbons (Fsp3) is 0.590. The number of hydrogen-bond acceptors (Lipinski definition) is 12. The molecule has 59 heavy (non-hydrogen) atoms. The predicted molar refractivity (Wildman–Crippen MR) is 213 cm³/mol. The number of rotatable bonds is 25. The van der Waals surface area contributed by atoms with Gasteiger partial charge in [0.25, 0.3) is 11.8 Å². The van der Waals surface area contributed by atoms with Crippen molar-refractivity contribution in [2.45, 2.75) is 122 Å². The number of nitrogens with one attached hydrogen (secondary N) is 7. The molecule has 1 aromatic carbocycles. The molecule has 20 heteroatoms. The number of carbonyl (C=O) groups excluding carboxylic acids is 10. The van der Waals surface area contributed by atoms with Crippen LogP contribution in [0.3, 0.4) is 0 Å². The quantitative estimate of drug-likeness (QED) is 0.0366. The van der Waals surface area contributed by atoms with Crippen LogP contribution >= 0.6 is 0 Å². The Morgan fingerprint density at radius 2 is 1.25 bits per heavy atom. The smallest absolute Gasteiger partial charge is 0.289 e. The molecule has 0 aliphatic heterocycles. The van der Waals surface area contributed by atoms with Crippen molar-refractivity contribution in [3.63, 3.8) is 0 Å². The van der Waals surface area contributed by atoms with Crippen molar-refractivity contribution in [2.75, 3.05) is 27.2 Å². The molecule has 20 nitrogen and oxygen atoms in total. The molecule has 0 saturated carbocycles. The van der Waals surface area contributed by atoms with Gasteiger partial charge in [-0.05, 0) is 65.2 Å². The monoisotopic (exact) mass is 832 g/mol. The van der Waals surface area contributed by atoms with Gasteiger partial charge in [-0.1, -0.05) is 38.3 Å². The maximum absolute atomic E-state index is 13.2. The van der Waals surface area contributed by atoms with Crippen LogP contribution in [0, 0.1) is 0 Å². The molecule has 0 aliphatic rings. The van der Waals surface area contributed by atoms with Crippen molar-refractivity contribution in [3.05, 3.63) is 35.4 Å². The number of benzene rings is 1. The van der Waals surface area contributed by atoms with Crippen molar-refractivity contribution in [3.8, 4) is 0 Å². The Kier molecular flexibility index (Phi) is 22.2. The van der Waals surface area contributed by atoms with Crippen LogP contribution < -0.4 is 37.2 Å². The van der Waals surface area contributed by atoms with Gasteiger partial charge in [0.1, 0.15) is 36.0 Å². The van der Waals surface area contributed by atoms with E-state index in [1.807, 2.05) is 12.1 Å². The summed E-state index contributed by atoms with van der Waals surface area (Å²) in [6.07, 6.45) is 3.28. The molecule has 9 N–H and O–H groups in total. The molecule has 0 aliphatic carbocycles. The lowest BCUT2D eigenvalue weighted by Gasteiger charge is -2.30. The van der Waals surface area contributed by atoms with Gasteiger partial charge in [-0.25, -0.2) is 0 Å². The van der Waals surface area contributed by atoms with E-state index in [-0.39, 0.29) is 5.56 Å². The Balaban J connectivity index is 2.80. The number of likely N-dealkylation sites (N-methyl/N-ethyl adjacent to an activating group) is 2. The van der Waals surface area contributed by atoms with Gasteiger partial charge in [0.05, 0.1) is 25.3 Å². The van der Waals surface area contributed by atoms with Gasteiger partial charge in [0.2, 0.25) is 41.2 Å². The molecule has 2 unspecified atom stereocenters. The van der Waals surface area contributed by atoms with Crippen LogP contribution in [-0.2, 0) is 49.6 Å². The minimum Gasteiger partial charge on any atom is -0.394 e. The van der Waals surface area contributed by atoms with E-state index < -0.39 is 121 Å². The topological polar surface area (TPSA) is 299 Å². The van der Waals surface area contributed by atoms with E-state index in [0.29, 0.717) is 0 Å². The second-order valence-electron chi connectivity index (χ2n) is 14.2. The lowest BCUT2D eigenvalue weighted by atomic mass is 10.0. The lowest BCUT2D eigenvalue weighted by Crippen LogP contribution is -2.60. The van der Waals surface area contributed by atoms with Gasteiger partial charge >= 0.3 is 0 Å². The highest BCUT2D eigenvalue weighted by Crippen LogP contribution is 2.11. The van der Waals surface area contributed by atoms with Crippen LogP contribution in [-0.4, -0.2) is 144 Å². The Bertz CT molecular complexity index is 1670. The first-order valence-electron chi connectivity index (χ1n) is 19.4. The molecule has 0 aromatic heterocycles. The average Bonchev–Trinajstić information content (AvgIpc) is 3.18. The van der Waals surface area contributed by atoms with Crippen LogP contribution in [0.15, 0.2) is 24.3 Å². The van der Waals surface area contributed by atoms with Crippen molar-refractivity contribution < 1.29 is 58.2 Å². The average molecular weight is 833 g/mol. The molecule has 1 aromatic rings. The maximum atomic E-state index is 13.2. The lowest BCUT2D eigenvalue weighted by molar-refractivity contribution is -0.144. The Labute approximate surface area is 343 Å². The third-order valence-corrected chi connectivity index (χ3v) is 9.12. The molecule has 328 valence electrons. The summed E-state index contributed by atoms with van der Waals surface area (Å²) < 4.78 is 0. The zero-order chi connectivity index (χ0) is 45.0. The number of hydrogen-bond donors (Lipinski definition) is 9. The van der Waals surface area contributed by atoms with E-state index in [1.165, 1.54) is 34.7 Å². The number of aliphatic hydroxyl groups excluding tert-OH is 2. The third kappa shape index (κ3) is 17.3. The second kappa shape index (κ2) is 25.6. The molecular weight excluding hydrogens is 772 g/mol. The molecule has 0 saturated heterocycles. The maximum Gasteiger partial charge on any atom is 0.289 e. The predicted octanol–water partition coefficient (Wildman–Crippen LogP) is -2.48. The van der Waals surface area contributed by atoms with E-state index in [2.05, 4.69) is 44.1 Å². The summed E-state index contributed by atoms with van der Waals surface area (Å²) in [5, 5.41) is 36.3. The molecule has 0 radical (unpaired) electrons. The number of amides is 8. The van der Waals surface area contributed by atoms with Crippen molar-refractivity contribution in [1.29, 1.82) is 0 Å². The van der Waals surface area contributed by atoms with E-state index in [0.717, 1.165) is 56.5 Å². The molecule has 7 atom stereocenters. The highest BCUT2D eigenvalue weighted by molar-refractivity contribution is 6.38. The zero-order valence-corrected chi connectivity index (χ0v) is 34.9. The number of aryl methyl sites for hydroxylation is 1. The summed E-state index contributed by atoms with van der Waals surface area (Å²) >= 11 is 0. The van der Waals surface area contributed by atoms with Gasteiger partial charge in [-0.3, -0.25) is 47.9 Å². The van der Waals surface area contributed by atoms with Crippen molar-refractivity contribution in [1.82, 2.24) is 42.1 Å². The number of Topliss-reactive ketones (excluding diaryl/α,β-unsaturated/α-hetero) is 2. The van der Waals surface area contributed by atoms with Crippen molar-refractivity contribution in [2.24, 2.45) is 0 Å². The van der Waals surface area contributed by atoms with E-state index >= 15 is 0 Å². The third-order valence-electron chi connectivity index (χ3n) is 9.12. The highest BCUT2D eigenvalue weighted by Gasteiger charge is 2.35. The number of aliphatic hydroxyl groups is 2. The summed E-state index contributed by atoms with van der Waals surface area (Å²) in [6.45, 7) is 6.77. The van der Waals surface area contributed by atoms with Gasteiger partial charge in [-0.15, -0.1) is 0 Å². The number of unbranched alkanes of at least 4 members (excludes halogenated alkanes) is 3. The molecule has 0 fully saturated rings. The van der Waals surface area contributed by atoms with Gasteiger partial charge < -0.3 is 52.3 Å². The SMILES string of the molecule is CCCCCCc1ccc(C(=O)N[C@H](CO)C(=O)N[C@H](C)C(=O)NCC(=O)N(C)[C@H](C(=O)N[C@@H](C)C(=O)N[C@@H](CC(C)=O)C(=O)NC(C)C(=O)C(=O)NC)C(C)O)cc1. The largest absolute Gasteiger partial charge is 0.394 e. The van der Waals surface area contributed by atoms with E-state index in [1.54, 1.807) is 12.1 Å². The molecular formula is C39H60N8O12. The van der Waals surface area contributed by atoms with Gasteiger partial charge in [-0.2, -0.15) is 0 Å². The van der Waals surface area contributed by atoms with Crippen LogP contribution in [0.4, 0.5) is 0 Å². The van der Waals surface area contributed by atoms with E-state index in [9.17, 15) is 58.2 Å². The van der Waals surface area contributed by atoms with Crippen molar-refractivity contribution >= 4 is 58.8 Å². The minimum absolute atomic E-state index is 0.271. The van der Waals surface area contributed by atoms with Crippen LogP contribution in [0.5, 0.6) is 0 Å². The first-order valence-corrected chi connectivity index (χ1v) is 19.4. The molecule has 0 spiro atoms. The van der Waals surface area contributed by atoms with Gasteiger partial charge in [0.15, 0.2) is 0 Å². The zero-order valence-electron chi connectivity index (χ0n) is 34.9. The Morgan fingerprint density at radius 1 is 0.695 bits per heavy atom. The molecule has 0 heterocycles. The summed E-state index contributed by atoms with van der Waals surface area (Å²) in [5.41, 5.74) is 1.33. The fourth-order valence-electron chi connectivity index (χ4n) is 5.57. The standard InChI is InChI=1S/C39H60N8O12/c1-9-10-11-12-13-26-14-16-27(17-15-26)35(55)46-29(20-48)37(57)43-23(4)33(53)41-19-30(51)47(8)31(25(6)50)38(58)44-24(5)34(54)45-28(18-21(2)49)36(56)42-22(3)32(52)39(59)40-7/h14-17,22-25,28-29,31,48,50H,9-13,18-20H2,1-8H3,(H,40,59)(H,41,53)(H,42,56)(H,43,57)(H,44,58)(H,45,54)(H,46,55)/t22?,23-,24+,25?,28+,29-,31+/m1/s1. The first-order chi connectivity index (χ1) is 27.7. The number of nitrogens with zero attached hydrogens (tertiary/aromatic N) is 1. The van der Waals surface area contributed by atoms with E-state index in [4.69, 9.17) is 0 Å². The normalized spacial score (nSPS) is 14.3. The minimum atomic E-state index is -1.59. The fourth-order valence-corrected chi connectivity index (χ4v) is 5.57.